The molecule has 1 aliphatic heterocycles. The first-order valence-electron chi connectivity index (χ1n) is 8.02. The number of benzene rings is 1. The molecular formula is C17H24N2O6. The van der Waals surface area contributed by atoms with Crippen molar-refractivity contribution in [3.05, 3.63) is 23.8 Å². The van der Waals surface area contributed by atoms with Crippen LogP contribution in [0.25, 0.3) is 0 Å². The summed E-state index contributed by atoms with van der Waals surface area (Å²) in [4.78, 5) is 23.8. The van der Waals surface area contributed by atoms with Gasteiger partial charge in [0.15, 0.2) is 17.0 Å². The molecule has 138 valence electrons. The highest BCUT2D eigenvalue weighted by atomic mass is 16.7. The molecule has 0 amide bonds. The molecule has 8 nitrogen and oxygen atoms in total. The minimum atomic E-state index is -1.31. The fraction of sp³-hybridized carbons (Fsp3) is 0.529. The Labute approximate surface area is 146 Å². The van der Waals surface area contributed by atoms with Crippen molar-refractivity contribution in [2.45, 2.75) is 38.8 Å². The van der Waals surface area contributed by atoms with Crippen LogP contribution < -0.4 is 20.3 Å². The van der Waals surface area contributed by atoms with Crippen molar-refractivity contribution in [3.63, 3.8) is 0 Å². The third-order valence-electron chi connectivity index (χ3n) is 4.05. The van der Waals surface area contributed by atoms with Gasteiger partial charge >= 0.3 is 11.9 Å². The fourth-order valence-electron chi connectivity index (χ4n) is 2.58. The average Bonchev–Trinajstić information content (AvgIpc) is 3.04. The minimum absolute atomic E-state index is 0.120. The van der Waals surface area contributed by atoms with Gasteiger partial charge in [0, 0.05) is 0 Å². The van der Waals surface area contributed by atoms with Crippen LogP contribution in [0.5, 0.6) is 11.5 Å². The smallest absolute Gasteiger partial charge is 0.331 e. The van der Waals surface area contributed by atoms with Crippen LogP contribution in [-0.4, -0.2) is 37.0 Å². The zero-order chi connectivity index (χ0) is 18.6. The maximum absolute atomic E-state index is 12.4. The number of rotatable bonds is 8. The number of methoxy groups -OCH3 is 1. The molecule has 0 radical (unpaired) electrons. The number of nitrogens with one attached hydrogen (secondary N) is 2. The Bertz CT molecular complexity index is 648. The second-order valence-electron chi connectivity index (χ2n) is 6.47. The van der Waals surface area contributed by atoms with Gasteiger partial charge in [-0.2, -0.15) is 0 Å². The van der Waals surface area contributed by atoms with Gasteiger partial charge in [-0.05, 0) is 37.0 Å². The van der Waals surface area contributed by atoms with Crippen LogP contribution in [0.3, 0.4) is 0 Å². The van der Waals surface area contributed by atoms with E-state index in [9.17, 15) is 14.7 Å². The maximum atomic E-state index is 12.4. The largest absolute Gasteiger partial charge is 0.480 e. The zero-order valence-corrected chi connectivity index (χ0v) is 14.8. The molecule has 25 heavy (non-hydrogen) atoms. The molecule has 0 spiro atoms. The number of hydrazine groups is 1. The van der Waals surface area contributed by atoms with Crippen molar-refractivity contribution in [3.8, 4) is 11.5 Å². The van der Waals surface area contributed by atoms with Gasteiger partial charge in [0.1, 0.15) is 6.04 Å². The predicted octanol–water partition coefficient (Wildman–Crippen LogP) is 1.40. The number of aliphatic carboxylic acids is 1. The summed E-state index contributed by atoms with van der Waals surface area (Å²) >= 11 is 0. The molecule has 1 aromatic carbocycles. The second kappa shape index (κ2) is 7.71. The Balaban J connectivity index is 2.25. The van der Waals surface area contributed by atoms with Gasteiger partial charge in [0.05, 0.1) is 7.11 Å². The Morgan fingerprint density at radius 2 is 2.00 bits per heavy atom. The van der Waals surface area contributed by atoms with Gasteiger partial charge in [-0.15, -0.1) is 0 Å². The normalized spacial score (nSPS) is 16.4. The van der Waals surface area contributed by atoms with Crippen LogP contribution in [0.15, 0.2) is 18.2 Å². The Morgan fingerprint density at radius 3 is 2.60 bits per heavy atom. The Kier molecular flexibility index (Phi) is 5.86. The Hall–Kier alpha value is -2.32. The summed E-state index contributed by atoms with van der Waals surface area (Å²) in [5, 5.41) is 9.36. The maximum Gasteiger partial charge on any atom is 0.331 e. The molecule has 0 saturated carbocycles. The number of carbonyl (C=O) groups excluding carboxylic acids is 1. The molecule has 0 aromatic heterocycles. The highest BCUT2D eigenvalue weighted by Gasteiger charge is 2.38. The van der Waals surface area contributed by atoms with Gasteiger partial charge in [0.2, 0.25) is 6.79 Å². The molecule has 1 aliphatic rings. The number of carbonyl (C=O) groups is 2. The van der Waals surface area contributed by atoms with E-state index >= 15 is 0 Å². The quantitative estimate of drug-likeness (QED) is 0.476. The van der Waals surface area contributed by atoms with E-state index in [4.69, 9.17) is 14.2 Å². The van der Waals surface area contributed by atoms with Crippen molar-refractivity contribution >= 4 is 11.9 Å². The topological polar surface area (TPSA) is 106 Å². The van der Waals surface area contributed by atoms with Gasteiger partial charge in [-0.1, -0.05) is 19.9 Å². The summed E-state index contributed by atoms with van der Waals surface area (Å²) < 4.78 is 15.5. The summed E-state index contributed by atoms with van der Waals surface area (Å²) in [6, 6.07) is 4.23. The van der Waals surface area contributed by atoms with Crippen molar-refractivity contribution in [1.29, 1.82) is 0 Å². The van der Waals surface area contributed by atoms with Crippen LogP contribution in [0.1, 0.15) is 32.8 Å². The lowest BCUT2D eigenvalue weighted by Gasteiger charge is -2.31. The third kappa shape index (κ3) is 4.21. The number of carboxylic acid groups (broad SMARTS) is 1. The van der Waals surface area contributed by atoms with Crippen molar-refractivity contribution in [1.82, 2.24) is 10.9 Å². The molecule has 1 heterocycles. The van der Waals surface area contributed by atoms with E-state index in [0.29, 0.717) is 23.5 Å². The van der Waals surface area contributed by atoms with E-state index in [1.807, 2.05) is 13.8 Å². The van der Waals surface area contributed by atoms with Gasteiger partial charge in [0.25, 0.3) is 0 Å². The lowest BCUT2D eigenvalue weighted by atomic mass is 9.92. The summed E-state index contributed by atoms with van der Waals surface area (Å²) in [5.74, 6) is -0.282. The summed E-state index contributed by atoms with van der Waals surface area (Å²) in [6.07, 6.45) is 0.403. The zero-order valence-electron chi connectivity index (χ0n) is 14.8. The number of esters is 1. The van der Waals surface area contributed by atoms with E-state index in [0.717, 1.165) is 0 Å². The summed E-state index contributed by atoms with van der Waals surface area (Å²) in [7, 11) is 1.28. The molecule has 8 heteroatoms. The fourth-order valence-corrected chi connectivity index (χ4v) is 2.58. The number of hydrogen-bond donors (Lipinski definition) is 3. The molecule has 2 atom stereocenters. The first-order chi connectivity index (χ1) is 11.8. The standard InChI is InChI=1S/C17H24N2O6/c1-10(2)7-12(15(20)21)18-19-17(3,16(22)23-4)11-5-6-13-14(8-11)25-9-24-13/h5-6,8,10,12,18-19H,7,9H2,1-4H3,(H,20,21)/t12-,17?/m0/s1. The van der Waals surface area contributed by atoms with Crippen LogP contribution in [0.2, 0.25) is 0 Å². The van der Waals surface area contributed by atoms with E-state index in [1.54, 1.807) is 25.1 Å². The van der Waals surface area contributed by atoms with E-state index in [1.165, 1.54) is 7.11 Å². The van der Waals surface area contributed by atoms with Crippen LogP contribution >= 0.6 is 0 Å². The summed E-state index contributed by atoms with van der Waals surface area (Å²) in [6.45, 7) is 5.58. The molecule has 2 rings (SSSR count). The molecular weight excluding hydrogens is 328 g/mol. The van der Waals surface area contributed by atoms with Crippen LogP contribution in [0, 0.1) is 5.92 Å². The average molecular weight is 352 g/mol. The van der Waals surface area contributed by atoms with Gasteiger partial charge in [-0.3, -0.25) is 4.79 Å². The van der Waals surface area contributed by atoms with E-state index in [2.05, 4.69) is 10.9 Å². The van der Waals surface area contributed by atoms with E-state index < -0.39 is 23.5 Å². The number of fused-ring (bicyclic) bond motifs is 1. The molecule has 0 saturated heterocycles. The molecule has 0 fully saturated rings. The second-order valence-corrected chi connectivity index (χ2v) is 6.47. The van der Waals surface area contributed by atoms with E-state index in [-0.39, 0.29) is 12.7 Å². The molecule has 0 aliphatic carbocycles. The highest BCUT2D eigenvalue weighted by Crippen LogP contribution is 2.36. The number of ether oxygens (including phenoxy) is 3. The Morgan fingerprint density at radius 1 is 1.32 bits per heavy atom. The third-order valence-corrected chi connectivity index (χ3v) is 4.05. The van der Waals surface area contributed by atoms with Crippen molar-refractivity contribution in [2.75, 3.05) is 13.9 Å². The molecule has 1 unspecified atom stereocenters. The summed E-state index contributed by atoms with van der Waals surface area (Å²) in [5.41, 5.74) is 4.84. The lowest BCUT2D eigenvalue weighted by molar-refractivity contribution is -0.150. The van der Waals surface area contributed by atoms with Gasteiger partial charge in [-0.25, -0.2) is 15.6 Å². The molecule has 0 bridgehead atoms. The first-order valence-corrected chi connectivity index (χ1v) is 8.02. The van der Waals surface area contributed by atoms with Crippen molar-refractivity contribution in [2.24, 2.45) is 5.92 Å². The number of hydrogen-bond acceptors (Lipinski definition) is 7. The molecule has 3 N–H and O–H groups in total. The van der Waals surface area contributed by atoms with Gasteiger partial charge < -0.3 is 19.3 Å². The SMILES string of the molecule is COC(=O)C(C)(NN[C@@H](CC(C)C)C(=O)O)c1ccc2c(c1)OCO2. The van der Waals surface area contributed by atoms with Crippen LogP contribution in [0.4, 0.5) is 0 Å². The van der Waals surface area contributed by atoms with Crippen molar-refractivity contribution < 1.29 is 28.9 Å². The first kappa shape index (κ1) is 19.0. The number of carboxylic acids is 1. The molecule has 1 aromatic rings. The lowest BCUT2D eigenvalue weighted by Crippen LogP contribution is -2.58. The minimum Gasteiger partial charge on any atom is -0.480 e. The monoisotopic (exact) mass is 352 g/mol. The highest BCUT2D eigenvalue weighted by molar-refractivity contribution is 5.82. The van der Waals surface area contributed by atoms with Crippen LogP contribution in [-0.2, 0) is 19.9 Å². The predicted molar refractivity (Wildman–Crippen MR) is 89.1 cm³/mol.